The second-order valence-electron chi connectivity index (χ2n) is 14.6. The molecule has 4 aromatic rings. The van der Waals surface area contributed by atoms with Crippen molar-refractivity contribution in [3.05, 3.63) is 53.9 Å². The number of furan rings is 1. The molecule has 0 unspecified atom stereocenters. The summed E-state index contributed by atoms with van der Waals surface area (Å²) in [5, 5.41) is 50.9. The molecule has 0 saturated carbocycles. The number of carboxylic acid groups (broad SMARTS) is 5. The number of carboxylic acids is 5. The van der Waals surface area contributed by atoms with Crippen LogP contribution in [0.2, 0.25) is 0 Å². The Hall–Kier alpha value is -6.79. The van der Waals surface area contributed by atoms with Crippen LogP contribution in [0.5, 0.6) is 11.5 Å². The fraction of sp³-hybridized carbons (Fsp3) is 0.465. The molecule has 2 aromatic heterocycles. The average Bonchev–Trinajstić information content (AvgIpc) is 3.87. The van der Waals surface area contributed by atoms with Crippen LogP contribution in [0, 0.1) is 0 Å². The first-order chi connectivity index (χ1) is 29.7. The van der Waals surface area contributed by atoms with E-state index in [1.807, 2.05) is 0 Å². The lowest BCUT2D eigenvalue weighted by atomic mass is 10.1. The Labute approximate surface area is 357 Å². The lowest BCUT2D eigenvalue weighted by molar-refractivity contribution is -0.138. The van der Waals surface area contributed by atoms with Crippen molar-refractivity contribution in [1.29, 1.82) is 0 Å². The number of hydrogen-bond acceptors (Lipinski definition) is 13. The second-order valence-corrected chi connectivity index (χ2v) is 14.6. The van der Waals surface area contributed by atoms with Gasteiger partial charge in [0.15, 0.2) is 5.76 Å². The number of carbonyl (C=O) groups is 6. The number of amides is 1. The molecule has 0 saturated heterocycles. The van der Waals surface area contributed by atoms with Gasteiger partial charge in [-0.25, -0.2) is 9.78 Å². The molecule has 4 rings (SSSR count). The number of aliphatic carboxylic acids is 4. The first kappa shape index (κ1) is 47.9. The third-order valence-corrected chi connectivity index (χ3v) is 9.63. The maximum Gasteiger partial charge on any atom is 0.373 e. The number of hydrogen-bond donors (Lipinski definition) is 6. The van der Waals surface area contributed by atoms with Gasteiger partial charge in [-0.05, 0) is 42.7 Å². The van der Waals surface area contributed by atoms with Crippen molar-refractivity contribution in [2.75, 3.05) is 55.7 Å². The zero-order chi connectivity index (χ0) is 45.0. The summed E-state index contributed by atoms with van der Waals surface area (Å²) in [6.07, 6.45) is 13.3. The molecule has 0 aliphatic rings. The molecule has 336 valence electrons. The predicted octanol–water partition coefficient (Wildman–Crippen LogP) is 6.16. The van der Waals surface area contributed by atoms with Crippen LogP contribution in [-0.4, -0.2) is 112 Å². The zero-order valence-electron chi connectivity index (χ0n) is 34.6. The van der Waals surface area contributed by atoms with Crippen molar-refractivity contribution in [3.63, 3.8) is 0 Å². The molecular formula is C43H54N4O15. The zero-order valence-corrected chi connectivity index (χ0v) is 34.6. The third-order valence-electron chi connectivity index (χ3n) is 9.63. The van der Waals surface area contributed by atoms with Crippen LogP contribution in [0.15, 0.2) is 51.4 Å². The van der Waals surface area contributed by atoms with Gasteiger partial charge >= 0.3 is 29.8 Å². The number of unbranched alkanes of at least 4 members (excludes halogenated alkanes) is 9. The third kappa shape index (κ3) is 15.7. The van der Waals surface area contributed by atoms with Crippen molar-refractivity contribution in [3.8, 4) is 23.1 Å². The topological polar surface area (TPSA) is 280 Å². The highest BCUT2D eigenvalue weighted by atomic mass is 16.5. The molecule has 0 atom stereocenters. The highest BCUT2D eigenvalue weighted by Crippen LogP contribution is 2.37. The largest absolute Gasteiger partial charge is 0.488 e. The summed E-state index contributed by atoms with van der Waals surface area (Å²) in [5.41, 5.74) is 0.974. The molecular weight excluding hydrogens is 812 g/mol. The monoisotopic (exact) mass is 866 g/mol. The van der Waals surface area contributed by atoms with Crippen LogP contribution in [0.25, 0.3) is 22.6 Å². The number of benzene rings is 2. The number of fused-ring (bicyclic) bond motifs is 1. The van der Waals surface area contributed by atoms with E-state index in [4.69, 9.17) is 18.3 Å². The van der Waals surface area contributed by atoms with Gasteiger partial charge in [0.05, 0.1) is 17.6 Å². The highest BCUT2D eigenvalue weighted by molar-refractivity contribution is 5.91. The van der Waals surface area contributed by atoms with Crippen molar-refractivity contribution < 1.29 is 72.6 Å². The Morgan fingerprint density at radius 3 is 1.76 bits per heavy atom. The number of nitrogens with zero attached hydrogens (tertiary/aromatic N) is 3. The number of aromatic nitrogens is 1. The molecule has 19 nitrogen and oxygen atoms in total. The van der Waals surface area contributed by atoms with Gasteiger partial charge in [0.1, 0.15) is 56.5 Å². The van der Waals surface area contributed by atoms with Crippen LogP contribution in [0.3, 0.4) is 0 Å². The molecule has 0 radical (unpaired) electrons. The molecule has 0 spiro atoms. The molecule has 0 fully saturated rings. The molecule has 19 heteroatoms. The molecule has 0 aliphatic carbocycles. The number of aryl methyl sites for hydroxylation is 1. The van der Waals surface area contributed by atoms with Crippen molar-refractivity contribution in [2.24, 2.45) is 0 Å². The van der Waals surface area contributed by atoms with E-state index in [-0.39, 0.29) is 65.6 Å². The number of aromatic carboxylic acids is 1. The smallest absolute Gasteiger partial charge is 0.373 e. The number of carbonyl (C=O) groups excluding carboxylic acids is 1. The van der Waals surface area contributed by atoms with Crippen molar-refractivity contribution in [1.82, 2.24) is 10.3 Å². The van der Waals surface area contributed by atoms with E-state index < -0.39 is 61.8 Å². The summed E-state index contributed by atoms with van der Waals surface area (Å²) in [4.78, 5) is 77.1. The number of anilines is 2. The van der Waals surface area contributed by atoms with Gasteiger partial charge in [0.25, 0.3) is 5.89 Å². The Balaban J connectivity index is 1.47. The second kappa shape index (κ2) is 24.5. The van der Waals surface area contributed by atoms with E-state index in [0.717, 1.165) is 35.3 Å². The lowest BCUT2D eigenvalue weighted by Crippen LogP contribution is -2.35. The maximum absolute atomic E-state index is 12.7. The van der Waals surface area contributed by atoms with E-state index in [2.05, 4.69) is 17.2 Å². The molecule has 1 amide bonds. The van der Waals surface area contributed by atoms with E-state index in [0.29, 0.717) is 23.9 Å². The number of oxazole rings is 1. The van der Waals surface area contributed by atoms with Gasteiger partial charge in [-0.1, -0.05) is 70.8 Å². The standard InChI is InChI=1S/C43H54N4O15/c1-2-3-4-5-6-7-8-9-10-11-16-44-37(48)15-13-28-12-14-30(46(24-38(49)50)25-39(51)52)33(19-28)59-17-18-60-34-20-29-21-35(42-45-23-36(62-42)43(57)58)61-32(29)22-31(34)47(26-40(53)54)27-41(55)56/h12,14,19-23H,2-11,13,15-18,24-27H2,1H3,(H,44,48)(H,49,50)(H,51,52)(H,53,54)(H,55,56)(H,57,58). The number of nitrogens with one attached hydrogen (secondary N) is 1. The van der Waals surface area contributed by atoms with Gasteiger partial charge in [-0.15, -0.1) is 0 Å². The summed E-state index contributed by atoms with van der Waals surface area (Å²) in [5.74, 6) is -7.20. The summed E-state index contributed by atoms with van der Waals surface area (Å²) < 4.78 is 23.1. The van der Waals surface area contributed by atoms with Crippen molar-refractivity contribution in [2.45, 2.75) is 84.0 Å². The molecule has 2 heterocycles. The summed E-state index contributed by atoms with van der Waals surface area (Å²) >= 11 is 0. The molecule has 0 bridgehead atoms. The van der Waals surface area contributed by atoms with Gasteiger partial charge < -0.3 is 59.0 Å². The van der Waals surface area contributed by atoms with Gasteiger partial charge in [0, 0.05) is 24.4 Å². The maximum atomic E-state index is 12.7. The van der Waals surface area contributed by atoms with Crippen molar-refractivity contribution >= 4 is 58.1 Å². The van der Waals surface area contributed by atoms with Gasteiger partial charge in [-0.2, -0.15) is 0 Å². The number of rotatable bonds is 31. The highest BCUT2D eigenvalue weighted by Gasteiger charge is 2.24. The van der Waals surface area contributed by atoms with Crippen LogP contribution in [0.1, 0.15) is 93.7 Å². The minimum absolute atomic E-state index is 0.0186. The Kier molecular flexibility index (Phi) is 18.9. The summed E-state index contributed by atoms with van der Waals surface area (Å²) in [6, 6.07) is 9.04. The van der Waals surface area contributed by atoms with E-state index in [9.17, 15) is 54.3 Å². The Morgan fingerprint density at radius 2 is 1.21 bits per heavy atom. The fourth-order valence-corrected chi connectivity index (χ4v) is 6.70. The predicted molar refractivity (Wildman–Crippen MR) is 224 cm³/mol. The van der Waals surface area contributed by atoms with Gasteiger partial charge in [0.2, 0.25) is 11.7 Å². The summed E-state index contributed by atoms with van der Waals surface area (Å²) in [7, 11) is 0. The van der Waals surface area contributed by atoms with Crippen LogP contribution in [-0.2, 0) is 30.4 Å². The van der Waals surface area contributed by atoms with Crippen LogP contribution < -0.4 is 24.6 Å². The first-order valence-electron chi connectivity index (χ1n) is 20.5. The summed E-state index contributed by atoms with van der Waals surface area (Å²) in [6.45, 7) is -0.485. The molecule has 6 N–H and O–H groups in total. The minimum atomic E-state index is -1.36. The molecule has 62 heavy (non-hydrogen) atoms. The molecule has 2 aromatic carbocycles. The van der Waals surface area contributed by atoms with E-state index in [1.165, 1.54) is 69.2 Å². The van der Waals surface area contributed by atoms with E-state index in [1.54, 1.807) is 12.1 Å². The van der Waals surface area contributed by atoms with E-state index >= 15 is 0 Å². The Bertz CT molecular complexity index is 2110. The first-order valence-corrected chi connectivity index (χ1v) is 20.5. The quantitative estimate of drug-likeness (QED) is 0.0309. The SMILES string of the molecule is CCCCCCCCCCCCNC(=O)CCc1ccc(N(CC(=O)O)CC(=O)O)c(OCCOc2cc3cc(-c4ncc(C(=O)O)o4)oc3cc2N(CC(=O)O)CC(=O)O)c1. The minimum Gasteiger partial charge on any atom is -0.488 e. The van der Waals surface area contributed by atoms with Gasteiger partial charge in [-0.3, -0.25) is 24.0 Å². The Morgan fingerprint density at radius 1 is 0.661 bits per heavy atom. The average molecular weight is 867 g/mol. The van der Waals surface area contributed by atoms with Crippen LogP contribution in [0.4, 0.5) is 11.4 Å². The molecule has 0 aliphatic heterocycles. The lowest BCUT2D eigenvalue weighted by Gasteiger charge is -2.25. The normalized spacial score (nSPS) is 11.0. The number of ether oxygens (including phenoxy) is 2. The van der Waals surface area contributed by atoms with Crippen LogP contribution >= 0.6 is 0 Å². The fourth-order valence-electron chi connectivity index (χ4n) is 6.70.